The van der Waals surface area contributed by atoms with Crippen LogP contribution in [0.5, 0.6) is 0 Å². The topological polar surface area (TPSA) is 65.7 Å². The van der Waals surface area contributed by atoms with E-state index >= 15 is 0 Å². The van der Waals surface area contributed by atoms with Crippen molar-refractivity contribution in [2.24, 2.45) is 0 Å². The molecule has 1 atom stereocenters. The predicted molar refractivity (Wildman–Crippen MR) is 104 cm³/mol. The fraction of sp³-hybridized carbons (Fsp3) is 0.632. The summed E-state index contributed by atoms with van der Waals surface area (Å²) >= 11 is 1.60. The standard InChI is InChI=1S/C19H27N5O2S/c1-15(18-20-21-19(26-18)16-6-5-13-27-16)23-11-9-22(10-12-23)14-17(25)24-7-3-2-4-8-24/h5-6,13,15H,2-4,7-12,14H2,1H3. The van der Waals surface area contributed by atoms with Crippen LogP contribution >= 0.6 is 11.3 Å². The van der Waals surface area contributed by atoms with Gasteiger partial charge < -0.3 is 9.32 Å². The van der Waals surface area contributed by atoms with Crippen molar-refractivity contribution >= 4 is 17.2 Å². The SMILES string of the molecule is CC(c1nnc(-c2cccs2)o1)N1CCN(CC(=O)N2CCCCC2)CC1. The molecule has 2 aromatic rings. The molecule has 8 heteroatoms. The van der Waals surface area contributed by atoms with Gasteiger partial charge in [0, 0.05) is 39.3 Å². The molecular formula is C19H27N5O2S. The zero-order valence-corrected chi connectivity index (χ0v) is 16.7. The molecule has 0 bridgehead atoms. The Balaban J connectivity index is 1.28. The van der Waals surface area contributed by atoms with Gasteiger partial charge in [0.05, 0.1) is 17.5 Å². The van der Waals surface area contributed by atoms with Crippen molar-refractivity contribution in [1.29, 1.82) is 0 Å². The highest BCUT2D eigenvalue weighted by atomic mass is 32.1. The van der Waals surface area contributed by atoms with E-state index < -0.39 is 0 Å². The number of rotatable bonds is 5. The number of likely N-dealkylation sites (tertiary alicyclic amines) is 1. The lowest BCUT2D eigenvalue weighted by Gasteiger charge is -2.37. The molecule has 146 valence electrons. The number of piperazine rings is 1. The van der Waals surface area contributed by atoms with E-state index in [1.54, 1.807) is 11.3 Å². The molecule has 0 spiro atoms. The van der Waals surface area contributed by atoms with Crippen molar-refractivity contribution in [3.05, 3.63) is 23.4 Å². The Labute approximate surface area is 164 Å². The van der Waals surface area contributed by atoms with Crippen molar-refractivity contribution in [3.8, 4) is 10.8 Å². The summed E-state index contributed by atoms with van der Waals surface area (Å²) in [7, 11) is 0. The van der Waals surface area contributed by atoms with Gasteiger partial charge in [0.2, 0.25) is 11.8 Å². The summed E-state index contributed by atoms with van der Waals surface area (Å²) in [6.07, 6.45) is 3.55. The highest BCUT2D eigenvalue weighted by Gasteiger charge is 2.27. The Hall–Kier alpha value is -1.77. The third-order valence-corrected chi connectivity index (χ3v) is 6.41. The fourth-order valence-corrected chi connectivity index (χ4v) is 4.45. The van der Waals surface area contributed by atoms with E-state index in [9.17, 15) is 4.79 Å². The van der Waals surface area contributed by atoms with Gasteiger partial charge in [-0.2, -0.15) is 0 Å². The Morgan fingerprint density at radius 3 is 2.63 bits per heavy atom. The van der Waals surface area contributed by atoms with Crippen LogP contribution in [0.25, 0.3) is 10.8 Å². The fourth-order valence-electron chi connectivity index (χ4n) is 3.80. The molecule has 0 N–H and O–H groups in total. The lowest BCUT2D eigenvalue weighted by molar-refractivity contribution is -0.133. The van der Waals surface area contributed by atoms with Gasteiger partial charge in [-0.25, -0.2) is 0 Å². The number of hydrogen-bond donors (Lipinski definition) is 0. The van der Waals surface area contributed by atoms with Crippen LogP contribution in [0.4, 0.5) is 0 Å². The molecule has 0 saturated carbocycles. The number of thiophene rings is 1. The number of carbonyl (C=O) groups is 1. The molecule has 0 aliphatic carbocycles. The average Bonchev–Trinajstić information content (AvgIpc) is 3.40. The second-order valence-electron chi connectivity index (χ2n) is 7.35. The first-order valence-corrected chi connectivity index (χ1v) is 10.7. The van der Waals surface area contributed by atoms with Gasteiger partial charge in [-0.1, -0.05) is 6.07 Å². The number of hydrogen-bond acceptors (Lipinski definition) is 7. The van der Waals surface area contributed by atoms with E-state index in [4.69, 9.17) is 4.42 Å². The first-order valence-electron chi connectivity index (χ1n) is 9.82. The van der Waals surface area contributed by atoms with Crippen LogP contribution in [0.3, 0.4) is 0 Å². The van der Waals surface area contributed by atoms with Gasteiger partial charge in [-0.3, -0.25) is 14.6 Å². The smallest absolute Gasteiger partial charge is 0.257 e. The first kappa shape index (κ1) is 18.6. The normalized spacial score (nSPS) is 20.7. The van der Waals surface area contributed by atoms with Crippen LogP contribution in [0, 0.1) is 0 Å². The van der Waals surface area contributed by atoms with E-state index in [2.05, 4.69) is 26.9 Å². The van der Waals surface area contributed by atoms with Crippen LogP contribution < -0.4 is 0 Å². The van der Waals surface area contributed by atoms with Crippen LogP contribution in [-0.2, 0) is 4.79 Å². The Bertz CT molecular complexity index is 733. The minimum Gasteiger partial charge on any atom is -0.418 e. The molecule has 0 radical (unpaired) electrons. The van der Waals surface area contributed by atoms with Gasteiger partial charge in [0.15, 0.2) is 0 Å². The molecule has 4 rings (SSSR count). The summed E-state index contributed by atoms with van der Waals surface area (Å²) in [5.74, 6) is 1.54. The molecule has 1 unspecified atom stereocenters. The zero-order valence-electron chi connectivity index (χ0n) is 15.8. The number of piperidine rings is 1. The van der Waals surface area contributed by atoms with E-state index in [0.717, 1.165) is 57.0 Å². The third-order valence-electron chi connectivity index (χ3n) is 5.55. The summed E-state index contributed by atoms with van der Waals surface area (Å²) in [5.41, 5.74) is 0. The lowest BCUT2D eigenvalue weighted by atomic mass is 10.1. The Kier molecular flexibility index (Phi) is 5.85. The van der Waals surface area contributed by atoms with Gasteiger partial charge in [-0.05, 0) is 37.6 Å². The molecule has 2 aromatic heterocycles. The van der Waals surface area contributed by atoms with Crippen LogP contribution in [-0.4, -0.2) is 76.6 Å². The Morgan fingerprint density at radius 2 is 1.93 bits per heavy atom. The molecule has 1 amide bonds. The zero-order chi connectivity index (χ0) is 18.6. The highest BCUT2D eigenvalue weighted by Crippen LogP contribution is 2.27. The van der Waals surface area contributed by atoms with Crippen molar-refractivity contribution in [1.82, 2.24) is 24.9 Å². The largest absolute Gasteiger partial charge is 0.418 e. The summed E-state index contributed by atoms with van der Waals surface area (Å²) in [6.45, 7) is 8.13. The lowest BCUT2D eigenvalue weighted by Crippen LogP contribution is -2.51. The predicted octanol–water partition coefficient (Wildman–Crippen LogP) is 2.49. The van der Waals surface area contributed by atoms with Crippen LogP contribution in [0.15, 0.2) is 21.9 Å². The van der Waals surface area contributed by atoms with Crippen molar-refractivity contribution in [2.75, 3.05) is 45.8 Å². The summed E-state index contributed by atoms with van der Waals surface area (Å²) < 4.78 is 5.89. The average molecular weight is 390 g/mol. The summed E-state index contributed by atoms with van der Waals surface area (Å²) in [5, 5.41) is 10.4. The quantitative estimate of drug-likeness (QED) is 0.783. The first-order chi connectivity index (χ1) is 13.2. The molecule has 2 saturated heterocycles. The van der Waals surface area contributed by atoms with Gasteiger partial charge in [0.25, 0.3) is 5.89 Å². The van der Waals surface area contributed by atoms with E-state index in [0.29, 0.717) is 18.3 Å². The van der Waals surface area contributed by atoms with E-state index in [1.165, 1.54) is 6.42 Å². The van der Waals surface area contributed by atoms with Crippen molar-refractivity contribution < 1.29 is 9.21 Å². The van der Waals surface area contributed by atoms with Crippen LogP contribution in [0.1, 0.15) is 38.1 Å². The minimum absolute atomic E-state index is 0.0890. The maximum atomic E-state index is 12.5. The Morgan fingerprint density at radius 1 is 1.15 bits per heavy atom. The number of amides is 1. The molecular weight excluding hydrogens is 362 g/mol. The minimum atomic E-state index is 0.0890. The molecule has 27 heavy (non-hydrogen) atoms. The third kappa shape index (κ3) is 4.39. The van der Waals surface area contributed by atoms with E-state index in [1.807, 2.05) is 22.4 Å². The van der Waals surface area contributed by atoms with Gasteiger partial charge >= 0.3 is 0 Å². The second kappa shape index (κ2) is 8.50. The summed E-state index contributed by atoms with van der Waals surface area (Å²) in [4.78, 5) is 20.1. The molecule has 4 heterocycles. The summed E-state index contributed by atoms with van der Waals surface area (Å²) in [6, 6.07) is 4.06. The van der Waals surface area contributed by atoms with Crippen molar-refractivity contribution in [3.63, 3.8) is 0 Å². The van der Waals surface area contributed by atoms with Crippen molar-refractivity contribution in [2.45, 2.75) is 32.2 Å². The maximum Gasteiger partial charge on any atom is 0.257 e. The van der Waals surface area contributed by atoms with Gasteiger partial charge in [0.1, 0.15) is 0 Å². The molecule has 2 aliphatic heterocycles. The second-order valence-corrected chi connectivity index (χ2v) is 8.30. The number of nitrogens with zero attached hydrogens (tertiary/aromatic N) is 5. The highest BCUT2D eigenvalue weighted by molar-refractivity contribution is 7.13. The van der Waals surface area contributed by atoms with E-state index in [-0.39, 0.29) is 11.9 Å². The molecule has 2 fully saturated rings. The molecule has 2 aliphatic rings. The number of carbonyl (C=O) groups excluding carboxylic acids is 1. The molecule has 0 aromatic carbocycles. The van der Waals surface area contributed by atoms with Gasteiger partial charge in [-0.15, -0.1) is 21.5 Å². The monoisotopic (exact) mass is 389 g/mol. The number of aromatic nitrogens is 2. The molecule has 7 nitrogen and oxygen atoms in total. The maximum absolute atomic E-state index is 12.5. The van der Waals surface area contributed by atoms with Crippen LogP contribution in [0.2, 0.25) is 0 Å².